The Bertz CT molecular complexity index is 330. The summed E-state index contributed by atoms with van der Waals surface area (Å²) in [5, 5.41) is 3.43. The molecule has 0 unspecified atom stereocenters. The van der Waals surface area contributed by atoms with E-state index in [0.29, 0.717) is 11.9 Å². The summed E-state index contributed by atoms with van der Waals surface area (Å²) in [5.41, 5.74) is 0. The predicted octanol–water partition coefficient (Wildman–Crippen LogP) is 2.38. The maximum Gasteiger partial charge on any atom is 0.225 e. The molecule has 0 aromatic rings. The van der Waals surface area contributed by atoms with Gasteiger partial charge >= 0.3 is 0 Å². The Balaban J connectivity index is 0.00000242. The SMILES string of the molecule is C[C@H]1C[C@@H](C(=O)N2CCC(CCCN(C)C)CC2)CCN1.Cl. The molecule has 1 N–H and O–H groups in total. The Hall–Kier alpha value is -0.320. The van der Waals surface area contributed by atoms with E-state index < -0.39 is 0 Å². The van der Waals surface area contributed by atoms with Crippen LogP contribution in [-0.4, -0.2) is 62.0 Å². The van der Waals surface area contributed by atoms with Gasteiger partial charge in [0.15, 0.2) is 0 Å². The zero-order valence-corrected chi connectivity index (χ0v) is 15.3. The Morgan fingerprint density at radius 1 is 1.23 bits per heavy atom. The molecule has 1 amide bonds. The van der Waals surface area contributed by atoms with Gasteiger partial charge in [-0.3, -0.25) is 4.79 Å². The van der Waals surface area contributed by atoms with Crippen molar-refractivity contribution in [3.05, 3.63) is 0 Å². The first-order chi connectivity index (χ1) is 10.1. The quantitative estimate of drug-likeness (QED) is 0.840. The third-order valence-corrected chi connectivity index (χ3v) is 5.12. The van der Waals surface area contributed by atoms with Gasteiger partial charge in [-0.2, -0.15) is 0 Å². The van der Waals surface area contributed by atoms with Crippen LogP contribution >= 0.6 is 12.4 Å². The fourth-order valence-corrected chi connectivity index (χ4v) is 3.75. The maximum absolute atomic E-state index is 12.6. The van der Waals surface area contributed by atoms with Gasteiger partial charge in [0.2, 0.25) is 5.91 Å². The number of hydrogen-bond acceptors (Lipinski definition) is 3. The number of carbonyl (C=O) groups excluding carboxylic acids is 1. The van der Waals surface area contributed by atoms with Crippen molar-refractivity contribution in [3.63, 3.8) is 0 Å². The lowest BCUT2D eigenvalue weighted by atomic mass is 9.88. The molecule has 2 atom stereocenters. The van der Waals surface area contributed by atoms with E-state index in [2.05, 4.69) is 36.1 Å². The van der Waals surface area contributed by atoms with Crippen LogP contribution in [0.5, 0.6) is 0 Å². The van der Waals surface area contributed by atoms with Crippen molar-refractivity contribution >= 4 is 18.3 Å². The molecule has 22 heavy (non-hydrogen) atoms. The first kappa shape index (κ1) is 19.7. The van der Waals surface area contributed by atoms with Gasteiger partial charge in [-0.15, -0.1) is 12.4 Å². The molecule has 4 nitrogen and oxygen atoms in total. The number of likely N-dealkylation sites (tertiary alicyclic amines) is 1. The Morgan fingerprint density at radius 3 is 2.50 bits per heavy atom. The number of halogens is 1. The van der Waals surface area contributed by atoms with Gasteiger partial charge in [0.25, 0.3) is 0 Å². The smallest absolute Gasteiger partial charge is 0.225 e. The number of nitrogens with zero attached hydrogens (tertiary/aromatic N) is 2. The summed E-state index contributed by atoms with van der Waals surface area (Å²) in [4.78, 5) is 17.0. The van der Waals surface area contributed by atoms with E-state index in [0.717, 1.165) is 38.4 Å². The van der Waals surface area contributed by atoms with Gasteiger partial charge in [0, 0.05) is 25.0 Å². The van der Waals surface area contributed by atoms with E-state index >= 15 is 0 Å². The van der Waals surface area contributed by atoms with Crippen LogP contribution in [0.15, 0.2) is 0 Å². The highest BCUT2D eigenvalue weighted by atomic mass is 35.5. The number of hydrogen-bond donors (Lipinski definition) is 1. The summed E-state index contributed by atoms with van der Waals surface area (Å²) in [6.45, 7) is 6.36. The van der Waals surface area contributed by atoms with Crippen molar-refractivity contribution in [1.29, 1.82) is 0 Å². The molecular formula is C17H34ClN3O. The molecule has 2 fully saturated rings. The van der Waals surface area contributed by atoms with Crippen LogP contribution in [0.3, 0.4) is 0 Å². The summed E-state index contributed by atoms with van der Waals surface area (Å²) >= 11 is 0. The number of rotatable bonds is 5. The van der Waals surface area contributed by atoms with E-state index in [1.54, 1.807) is 0 Å². The zero-order valence-electron chi connectivity index (χ0n) is 14.5. The number of amides is 1. The number of carbonyl (C=O) groups is 1. The molecule has 2 aliphatic heterocycles. The molecule has 5 heteroatoms. The molecule has 0 radical (unpaired) electrons. The zero-order chi connectivity index (χ0) is 15.2. The minimum atomic E-state index is 0. The molecule has 0 aromatic carbocycles. The van der Waals surface area contributed by atoms with Crippen molar-refractivity contribution in [2.24, 2.45) is 11.8 Å². The van der Waals surface area contributed by atoms with Crippen LogP contribution in [0.4, 0.5) is 0 Å². The molecule has 2 aliphatic rings. The predicted molar refractivity (Wildman–Crippen MR) is 94.5 cm³/mol. The van der Waals surface area contributed by atoms with Crippen LogP contribution < -0.4 is 5.32 Å². The standard InChI is InChI=1S/C17H33N3O.ClH/c1-14-13-16(6-9-18-14)17(21)20-11-7-15(8-12-20)5-4-10-19(2)3;/h14-16,18H,4-13H2,1-3H3;1H/t14-,16-;/m0./s1. The largest absolute Gasteiger partial charge is 0.342 e. The molecule has 0 bridgehead atoms. The first-order valence-corrected chi connectivity index (χ1v) is 8.73. The summed E-state index contributed by atoms with van der Waals surface area (Å²) < 4.78 is 0. The maximum atomic E-state index is 12.6. The second-order valence-corrected chi connectivity index (χ2v) is 7.29. The number of nitrogens with one attached hydrogen (secondary N) is 1. The van der Waals surface area contributed by atoms with Gasteiger partial charge < -0.3 is 15.1 Å². The van der Waals surface area contributed by atoms with Crippen LogP contribution in [0.2, 0.25) is 0 Å². The fourth-order valence-electron chi connectivity index (χ4n) is 3.75. The minimum Gasteiger partial charge on any atom is -0.342 e. The highest BCUT2D eigenvalue weighted by Gasteiger charge is 2.30. The average molecular weight is 332 g/mol. The lowest BCUT2D eigenvalue weighted by molar-refractivity contribution is -0.138. The number of piperidine rings is 2. The van der Waals surface area contributed by atoms with Crippen molar-refractivity contribution in [1.82, 2.24) is 15.1 Å². The van der Waals surface area contributed by atoms with Gasteiger partial charge in [0.1, 0.15) is 0 Å². The van der Waals surface area contributed by atoms with Crippen LogP contribution in [0, 0.1) is 11.8 Å². The topological polar surface area (TPSA) is 35.6 Å². The Morgan fingerprint density at radius 2 is 1.91 bits per heavy atom. The molecule has 2 heterocycles. The van der Waals surface area contributed by atoms with Gasteiger partial charge in [0.05, 0.1) is 0 Å². The van der Waals surface area contributed by atoms with Gasteiger partial charge in [-0.25, -0.2) is 0 Å². The van der Waals surface area contributed by atoms with E-state index in [9.17, 15) is 4.79 Å². The summed E-state index contributed by atoms with van der Waals surface area (Å²) in [7, 11) is 4.28. The van der Waals surface area contributed by atoms with E-state index in [-0.39, 0.29) is 18.3 Å². The Kier molecular flexibility index (Phi) is 8.73. The molecule has 0 aromatic heterocycles. The molecule has 0 aliphatic carbocycles. The van der Waals surface area contributed by atoms with E-state index in [1.807, 2.05) is 0 Å². The molecule has 0 spiro atoms. The average Bonchev–Trinajstić information content (AvgIpc) is 2.47. The third-order valence-electron chi connectivity index (χ3n) is 5.12. The lowest BCUT2D eigenvalue weighted by Crippen LogP contribution is -2.46. The molecule has 0 saturated carbocycles. The summed E-state index contributed by atoms with van der Waals surface area (Å²) in [6, 6.07) is 0.497. The molecule has 130 valence electrons. The Labute approximate surface area is 142 Å². The first-order valence-electron chi connectivity index (χ1n) is 8.73. The molecule has 2 rings (SSSR count). The van der Waals surface area contributed by atoms with Crippen LogP contribution in [0.25, 0.3) is 0 Å². The highest BCUT2D eigenvalue weighted by molar-refractivity contribution is 5.85. The van der Waals surface area contributed by atoms with E-state index in [1.165, 1.54) is 32.2 Å². The van der Waals surface area contributed by atoms with Crippen molar-refractivity contribution < 1.29 is 4.79 Å². The van der Waals surface area contributed by atoms with Crippen LogP contribution in [0.1, 0.15) is 45.4 Å². The summed E-state index contributed by atoms with van der Waals surface area (Å²) in [6.07, 6.45) is 7.06. The van der Waals surface area contributed by atoms with Crippen molar-refractivity contribution in [2.75, 3.05) is 40.3 Å². The molecule has 2 saturated heterocycles. The van der Waals surface area contributed by atoms with Crippen molar-refractivity contribution in [2.45, 2.75) is 51.5 Å². The van der Waals surface area contributed by atoms with Gasteiger partial charge in [-0.1, -0.05) is 0 Å². The second kappa shape index (κ2) is 9.74. The van der Waals surface area contributed by atoms with Gasteiger partial charge in [-0.05, 0) is 78.6 Å². The summed E-state index contributed by atoms with van der Waals surface area (Å²) in [5.74, 6) is 1.53. The van der Waals surface area contributed by atoms with Crippen molar-refractivity contribution in [3.8, 4) is 0 Å². The van der Waals surface area contributed by atoms with Crippen LogP contribution in [-0.2, 0) is 4.79 Å². The second-order valence-electron chi connectivity index (χ2n) is 7.29. The minimum absolute atomic E-state index is 0. The third kappa shape index (κ3) is 6.05. The normalized spacial score (nSPS) is 26.8. The van der Waals surface area contributed by atoms with E-state index in [4.69, 9.17) is 0 Å². The monoisotopic (exact) mass is 331 g/mol. The highest BCUT2D eigenvalue weighted by Crippen LogP contribution is 2.25. The molecular weight excluding hydrogens is 298 g/mol. The lowest BCUT2D eigenvalue weighted by Gasteiger charge is -2.36. The fraction of sp³-hybridized carbons (Fsp3) is 0.941.